The molecule has 1 saturated heterocycles. The average Bonchev–Trinajstić information content (AvgIpc) is 3.53. The summed E-state index contributed by atoms with van der Waals surface area (Å²) < 4.78 is 6.11. The quantitative estimate of drug-likeness (QED) is 0.139. The number of carbonyl (C=O) groups excluding carboxylic acids is 2. The number of rotatable bonds is 15. The Hall–Kier alpha value is -4.20. The molecule has 2 amide bonds. The van der Waals surface area contributed by atoms with Crippen LogP contribution < -0.4 is 26.0 Å². The first kappa shape index (κ1) is 42.4. The number of anilines is 2. The molecule has 12 heteroatoms. The highest BCUT2D eigenvalue weighted by molar-refractivity contribution is 5.97. The lowest BCUT2D eigenvalue weighted by atomic mass is 9.45. The zero-order chi connectivity index (χ0) is 41.3. The highest BCUT2D eigenvalue weighted by atomic mass is 16.7. The summed E-state index contributed by atoms with van der Waals surface area (Å²) in [5.41, 5.74) is 11.7. The standard InChI is InChI=1S/C45H64N6O6/c1-26-37-21-32(45(37,3)4)22-38(26)48-44(55)41-40(27(2)53)39(25-52)57-51(41)23-29-13-11-15-36(42(29)56-9)30-18-31(20-35(19-30)50(7)8)43(54)47-34(24-49(5)6)17-28-12-10-14-33(46)16-28/h10-16,18-20,26-27,32,34,37-41,52-53H,17,21-25,46H2,1-9H3,(H,47,54)(H,48,55)/t26-,27-,32+,34-,37-,38-,39-,40+,41-/m0/s1. The Bertz CT molecular complexity index is 1900. The number of amides is 2. The van der Waals surface area contributed by atoms with Gasteiger partial charge in [-0.15, -0.1) is 0 Å². The molecule has 4 aliphatic rings. The van der Waals surface area contributed by atoms with Gasteiger partial charge in [-0.05, 0) is 105 Å². The molecule has 1 heterocycles. The van der Waals surface area contributed by atoms with Gasteiger partial charge in [-0.1, -0.05) is 51.1 Å². The fourth-order valence-corrected chi connectivity index (χ4v) is 9.86. The van der Waals surface area contributed by atoms with Gasteiger partial charge >= 0.3 is 0 Å². The second-order valence-corrected chi connectivity index (χ2v) is 17.8. The Morgan fingerprint density at radius 1 is 1.07 bits per heavy atom. The second-order valence-electron chi connectivity index (χ2n) is 17.8. The van der Waals surface area contributed by atoms with Gasteiger partial charge in [0.2, 0.25) is 5.91 Å². The third-order valence-electron chi connectivity index (χ3n) is 13.1. The number of methoxy groups -OCH3 is 1. The maximum atomic E-state index is 14.3. The topological polar surface area (TPSA) is 153 Å². The van der Waals surface area contributed by atoms with Crippen LogP contribution in [0.5, 0.6) is 5.75 Å². The van der Waals surface area contributed by atoms with Gasteiger partial charge in [-0.25, -0.2) is 0 Å². The molecule has 0 aromatic heterocycles. The lowest BCUT2D eigenvalue weighted by molar-refractivity contribution is -0.183. The SMILES string of the molecule is COc1c(CN2O[C@@H](CO)[C@@H]([C@H](C)O)[C@H]2C(=O)N[C@H]2C[C@H]3C[C@@H]([C@@H]2C)C3(C)C)cccc1-c1cc(C(=O)N[C@@H](Cc2cccc(N)c2)CN(C)C)cc(N(C)C)c1. The van der Waals surface area contributed by atoms with E-state index in [1.54, 1.807) is 19.1 Å². The lowest BCUT2D eigenvalue weighted by Gasteiger charge is -2.62. The van der Waals surface area contributed by atoms with Gasteiger partial charge in [0, 0.05) is 66.7 Å². The van der Waals surface area contributed by atoms with Crippen LogP contribution in [0.3, 0.4) is 0 Å². The van der Waals surface area contributed by atoms with Gasteiger partial charge in [-0.2, -0.15) is 5.06 Å². The van der Waals surface area contributed by atoms with Crippen LogP contribution in [0.1, 0.15) is 62.0 Å². The Labute approximate surface area is 338 Å². The number of hydrogen-bond donors (Lipinski definition) is 5. The van der Waals surface area contributed by atoms with Crippen molar-refractivity contribution < 1.29 is 29.4 Å². The molecule has 3 aromatic rings. The summed E-state index contributed by atoms with van der Waals surface area (Å²) in [5.74, 6) is 0.955. The van der Waals surface area contributed by atoms with Crippen LogP contribution in [-0.2, 0) is 22.6 Å². The number of likely N-dealkylation sites (N-methyl/N-ethyl adjacent to an activating group) is 1. The largest absolute Gasteiger partial charge is 0.496 e. The number of nitrogens with two attached hydrogens (primary N) is 1. The van der Waals surface area contributed by atoms with Gasteiger partial charge in [0.05, 0.1) is 26.4 Å². The van der Waals surface area contributed by atoms with Crippen LogP contribution in [0.25, 0.3) is 11.1 Å². The maximum absolute atomic E-state index is 14.3. The van der Waals surface area contributed by atoms with Crippen LogP contribution in [0, 0.1) is 29.1 Å². The Balaban J connectivity index is 1.28. The molecule has 57 heavy (non-hydrogen) atoms. The number of nitrogen functional groups attached to an aromatic ring is 1. The summed E-state index contributed by atoms with van der Waals surface area (Å²) in [4.78, 5) is 38.7. The van der Waals surface area contributed by atoms with E-state index < -0.39 is 24.2 Å². The summed E-state index contributed by atoms with van der Waals surface area (Å²) >= 11 is 0. The van der Waals surface area contributed by atoms with E-state index in [-0.39, 0.29) is 42.5 Å². The number of para-hydroxylation sites is 1. The van der Waals surface area contributed by atoms with E-state index in [0.29, 0.717) is 47.7 Å². The third kappa shape index (κ3) is 8.95. The predicted octanol–water partition coefficient (Wildman–Crippen LogP) is 4.57. The molecule has 12 nitrogen and oxygen atoms in total. The molecule has 4 fully saturated rings. The fourth-order valence-electron chi connectivity index (χ4n) is 9.86. The number of fused-ring (bicyclic) bond motifs is 2. The molecule has 2 bridgehead atoms. The Morgan fingerprint density at radius 2 is 1.81 bits per heavy atom. The molecular weight excluding hydrogens is 721 g/mol. The van der Waals surface area contributed by atoms with E-state index in [4.69, 9.17) is 15.3 Å². The summed E-state index contributed by atoms with van der Waals surface area (Å²) in [6, 6.07) is 18.3. The average molecular weight is 785 g/mol. The number of nitrogens with one attached hydrogen (secondary N) is 2. The zero-order valence-corrected chi connectivity index (χ0v) is 35.2. The molecule has 0 unspecified atom stereocenters. The van der Waals surface area contributed by atoms with Crippen molar-refractivity contribution in [1.29, 1.82) is 0 Å². The minimum Gasteiger partial charge on any atom is -0.496 e. The number of carbonyl (C=O) groups is 2. The number of hydroxylamine groups is 2. The molecule has 310 valence electrons. The van der Waals surface area contributed by atoms with Crippen LogP contribution in [0.15, 0.2) is 60.7 Å². The maximum Gasteiger partial charge on any atom is 0.251 e. The van der Waals surface area contributed by atoms with E-state index >= 15 is 0 Å². The normalized spacial score (nSPS) is 26.4. The monoisotopic (exact) mass is 784 g/mol. The molecule has 3 aliphatic carbocycles. The van der Waals surface area contributed by atoms with Crippen LogP contribution >= 0.6 is 0 Å². The van der Waals surface area contributed by atoms with Crippen LogP contribution in [0.4, 0.5) is 11.4 Å². The Morgan fingerprint density at radius 3 is 2.42 bits per heavy atom. The van der Waals surface area contributed by atoms with Crippen molar-refractivity contribution in [2.24, 2.45) is 29.1 Å². The molecule has 3 aromatic carbocycles. The van der Waals surface area contributed by atoms with Crippen LogP contribution in [-0.4, -0.2) is 111 Å². The summed E-state index contributed by atoms with van der Waals surface area (Å²) in [7, 11) is 9.45. The smallest absolute Gasteiger partial charge is 0.251 e. The van der Waals surface area contributed by atoms with E-state index in [1.165, 1.54) is 6.42 Å². The number of aliphatic hydroxyl groups excluding tert-OH is 2. The van der Waals surface area contributed by atoms with E-state index in [2.05, 4.69) is 36.3 Å². The number of benzene rings is 3. The fraction of sp³-hybridized carbons (Fsp3) is 0.556. The van der Waals surface area contributed by atoms with Crippen molar-refractivity contribution in [1.82, 2.24) is 20.6 Å². The number of nitrogens with zero attached hydrogens (tertiary/aromatic N) is 3. The lowest BCUT2D eigenvalue weighted by Crippen LogP contribution is -2.62. The summed E-state index contributed by atoms with van der Waals surface area (Å²) in [6.45, 7) is 9.00. The van der Waals surface area contributed by atoms with E-state index in [1.807, 2.05) is 93.8 Å². The van der Waals surface area contributed by atoms with E-state index in [0.717, 1.165) is 34.4 Å². The number of hydrogen-bond acceptors (Lipinski definition) is 10. The van der Waals surface area contributed by atoms with Gasteiger partial charge in [0.25, 0.3) is 5.91 Å². The first-order valence-electron chi connectivity index (χ1n) is 20.3. The van der Waals surface area contributed by atoms with Crippen molar-refractivity contribution in [3.05, 3.63) is 77.4 Å². The van der Waals surface area contributed by atoms with Crippen molar-refractivity contribution in [3.63, 3.8) is 0 Å². The first-order chi connectivity index (χ1) is 27.0. The van der Waals surface area contributed by atoms with Gasteiger partial charge in [0.15, 0.2) is 0 Å². The molecular formula is C45H64N6O6. The van der Waals surface area contributed by atoms with Crippen molar-refractivity contribution in [3.8, 4) is 16.9 Å². The minimum atomic E-state index is -0.909. The zero-order valence-electron chi connectivity index (χ0n) is 35.2. The molecule has 0 radical (unpaired) electrons. The first-order valence-corrected chi connectivity index (χ1v) is 20.3. The van der Waals surface area contributed by atoms with Crippen molar-refractivity contribution in [2.45, 2.75) is 83.8 Å². The van der Waals surface area contributed by atoms with Gasteiger partial charge in [-0.3, -0.25) is 14.4 Å². The predicted molar refractivity (Wildman–Crippen MR) is 225 cm³/mol. The van der Waals surface area contributed by atoms with Gasteiger partial charge in [0.1, 0.15) is 17.9 Å². The molecule has 6 N–H and O–H groups in total. The molecule has 9 atom stereocenters. The summed E-state index contributed by atoms with van der Waals surface area (Å²) in [6.07, 6.45) is 1.07. The van der Waals surface area contributed by atoms with Crippen LogP contribution in [0.2, 0.25) is 0 Å². The molecule has 0 spiro atoms. The van der Waals surface area contributed by atoms with Crippen molar-refractivity contribution in [2.75, 3.05) is 59.1 Å². The van der Waals surface area contributed by atoms with Crippen molar-refractivity contribution >= 4 is 23.2 Å². The van der Waals surface area contributed by atoms with Gasteiger partial charge < -0.3 is 41.1 Å². The minimum absolute atomic E-state index is 0.0301. The Kier molecular flexibility index (Phi) is 12.9. The molecule has 3 saturated carbocycles. The highest BCUT2D eigenvalue weighted by Gasteiger charge is 2.57. The summed E-state index contributed by atoms with van der Waals surface area (Å²) in [5, 5.41) is 29.6. The second kappa shape index (κ2) is 17.3. The van der Waals surface area contributed by atoms with E-state index in [9.17, 15) is 19.8 Å². The number of aliphatic hydroxyl groups is 2. The highest BCUT2D eigenvalue weighted by Crippen LogP contribution is 2.61. The molecule has 7 rings (SSSR count). The number of ether oxygens (including phenoxy) is 1. The molecule has 1 aliphatic heterocycles. The third-order valence-corrected chi connectivity index (χ3v) is 13.1.